The predicted octanol–water partition coefficient (Wildman–Crippen LogP) is 6.20. The number of ether oxygens (including phenoxy) is 1. The summed E-state index contributed by atoms with van der Waals surface area (Å²) in [6.07, 6.45) is 0. The molecule has 0 radical (unpaired) electrons. The van der Waals surface area contributed by atoms with Gasteiger partial charge in [0.25, 0.3) is 0 Å². The van der Waals surface area contributed by atoms with E-state index in [0.29, 0.717) is 5.02 Å². The van der Waals surface area contributed by atoms with Crippen LogP contribution in [0.25, 0.3) is 0 Å². The molecule has 1 nitrogen and oxygen atoms in total. The maximum Gasteiger partial charge on any atom is 0.120 e. The number of alkyl halides is 1. The molecule has 0 N–H and O–H groups in total. The summed E-state index contributed by atoms with van der Waals surface area (Å²) in [7, 11) is 1.63. The summed E-state index contributed by atoms with van der Waals surface area (Å²) in [6.45, 7) is 0. The topological polar surface area (TPSA) is 9.23 Å². The molecule has 0 aliphatic heterocycles. The molecule has 0 aliphatic carbocycles. The molecular weight excluding hydrogens is 506 g/mol. The summed E-state index contributed by atoms with van der Waals surface area (Å²) in [4.78, 5) is 0.0512. The summed E-state index contributed by atoms with van der Waals surface area (Å²) in [5.41, 5.74) is 2.21. The number of hydrogen-bond donors (Lipinski definition) is 0. The zero-order chi connectivity index (χ0) is 14.0. The van der Waals surface area contributed by atoms with Gasteiger partial charge in [-0.1, -0.05) is 49.5 Å². The Morgan fingerprint density at radius 1 is 1.16 bits per heavy atom. The molecular formula is C14H10Br2ClIO. The summed E-state index contributed by atoms with van der Waals surface area (Å²) in [5.74, 6) is 0.761. The molecule has 0 spiro atoms. The number of methoxy groups -OCH3 is 1. The van der Waals surface area contributed by atoms with Crippen molar-refractivity contribution in [1.82, 2.24) is 0 Å². The fourth-order valence-corrected chi connectivity index (χ4v) is 4.36. The van der Waals surface area contributed by atoms with Crippen LogP contribution in [-0.2, 0) is 0 Å². The molecule has 2 aromatic carbocycles. The molecule has 0 aromatic heterocycles. The van der Waals surface area contributed by atoms with Gasteiger partial charge in [-0.05, 0) is 64.0 Å². The van der Waals surface area contributed by atoms with Gasteiger partial charge in [-0.2, -0.15) is 0 Å². The van der Waals surface area contributed by atoms with Gasteiger partial charge in [0.2, 0.25) is 0 Å². The fraction of sp³-hybridized carbons (Fsp3) is 0.143. The summed E-state index contributed by atoms with van der Waals surface area (Å²) in [6, 6.07) is 11.9. The lowest BCUT2D eigenvalue weighted by Crippen LogP contribution is -1.97. The third kappa shape index (κ3) is 3.65. The van der Waals surface area contributed by atoms with E-state index >= 15 is 0 Å². The molecule has 2 aromatic rings. The van der Waals surface area contributed by atoms with Gasteiger partial charge in [-0.15, -0.1) is 0 Å². The SMILES string of the molecule is COc1ccc(C(Br)c2cc(Br)ccc2I)c(Cl)c1. The van der Waals surface area contributed by atoms with Crippen molar-refractivity contribution in [2.45, 2.75) is 4.83 Å². The van der Waals surface area contributed by atoms with E-state index in [1.807, 2.05) is 24.3 Å². The van der Waals surface area contributed by atoms with E-state index in [9.17, 15) is 0 Å². The second-order valence-electron chi connectivity index (χ2n) is 3.92. The quantitative estimate of drug-likeness (QED) is 0.349. The maximum atomic E-state index is 6.32. The van der Waals surface area contributed by atoms with Crippen LogP contribution in [0.1, 0.15) is 16.0 Å². The van der Waals surface area contributed by atoms with Gasteiger partial charge in [0.05, 0.1) is 11.9 Å². The first-order chi connectivity index (χ1) is 9.02. The highest BCUT2D eigenvalue weighted by atomic mass is 127. The standard InChI is InChI=1S/C14H10Br2ClIO/c1-19-9-3-4-10(12(17)7-9)14(16)11-6-8(15)2-5-13(11)18/h2-7,14H,1H3. The summed E-state index contributed by atoms with van der Waals surface area (Å²) in [5, 5.41) is 0.692. The largest absolute Gasteiger partial charge is 0.497 e. The van der Waals surface area contributed by atoms with Crippen LogP contribution < -0.4 is 4.74 Å². The Hall–Kier alpha value is 0.220. The van der Waals surface area contributed by atoms with E-state index in [-0.39, 0.29) is 4.83 Å². The average molecular weight is 516 g/mol. The Balaban J connectivity index is 2.43. The van der Waals surface area contributed by atoms with E-state index in [1.54, 1.807) is 7.11 Å². The highest BCUT2D eigenvalue weighted by molar-refractivity contribution is 14.1. The Kier molecular flexibility index (Phi) is 5.57. The lowest BCUT2D eigenvalue weighted by atomic mass is 10.0. The monoisotopic (exact) mass is 514 g/mol. The normalized spacial score (nSPS) is 12.3. The molecule has 1 atom stereocenters. The van der Waals surface area contributed by atoms with Crippen molar-refractivity contribution < 1.29 is 4.74 Å². The van der Waals surface area contributed by atoms with Gasteiger partial charge >= 0.3 is 0 Å². The van der Waals surface area contributed by atoms with Crippen LogP contribution in [0.5, 0.6) is 5.75 Å². The first-order valence-corrected chi connectivity index (χ1v) is 8.62. The second-order valence-corrected chi connectivity index (χ2v) is 7.32. The first kappa shape index (κ1) is 15.6. The molecule has 0 heterocycles. The van der Waals surface area contributed by atoms with Crippen LogP contribution >= 0.6 is 66.1 Å². The summed E-state index contributed by atoms with van der Waals surface area (Å²) >= 11 is 15.9. The third-order valence-corrected chi connectivity index (χ3v) is 5.50. The Bertz CT molecular complexity index is 604. The molecule has 1 unspecified atom stereocenters. The Labute approximate surface area is 148 Å². The van der Waals surface area contributed by atoms with Gasteiger partial charge < -0.3 is 4.74 Å². The van der Waals surface area contributed by atoms with Crippen molar-refractivity contribution in [2.75, 3.05) is 7.11 Å². The molecule has 0 aliphatic rings. The smallest absolute Gasteiger partial charge is 0.120 e. The van der Waals surface area contributed by atoms with Crippen LogP contribution in [0, 0.1) is 3.57 Å². The first-order valence-electron chi connectivity index (χ1n) is 5.45. The van der Waals surface area contributed by atoms with Gasteiger partial charge in [-0.3, -0.25) is 0 Å². The molecule has 100 valence electrons. The number of halogens is 4. The van der Waals surface area contributed by atoms with E-state index in [0.717, 1.165) is 15.8 Å². The van der Waals surface area contributed by atoms with Crippen molar-refractivity contribution in [3.8, 4) is 5.75 Å². The minimum atomic E-state index is 0.0512. The van der Waals surface area contributed by atoms with Crippen molar-refractivity contribution >= 4 is 66.1 Å². The third-order valence-electron chi connectivity index (χ3n) is 2.71. The van der Waals surface area contributed by atoms with Crippen molar-refractivity contribution in [3.05, 3.63) is 60.6 Å². The number of rotatable bonds is 3. The zero-order valence-corrected chi connectivity index (χ0v) is 16.0. The number of benzene rings is 2. The Morgan fingerprint density at radius 2 is 1.89 bits per heavy atom. The van der Waals surface area contributed by atoms with Crippen LogP contribution in [0.4, 0.5) is 0 Å². The van der Waals surface area contributed by atoms with Crippen LogP contribution in [0.3, 0.4) is 0 Å². The molecule has 0 saturated heterocycles. The second kappa shape index (κ2) is 6.78. The highest BCUT2D eigenvalue weighted by Gasteiger charge is 2.17. The van der Waals surface area contributed by atoms with E-state index in [1.165, 1.54) is 9.13 Å². The molecule has 0 amide bonds. The van der Waals surface area contributed by atoms with E-state index < -0.39 is 0 Å². The molecule has 5 heteroatoms. The molecule has 19 heavy (non-hydrogen) atoms. The van der Waals surface area contributed by atoms with Gasteiger partial charge in [0.15, 0.2) is 0 Å². The van der Waals surface area contributed by atoms with Crippen LogP contribution in [0.2, 0.25) is 5.02 Å². The molecule has 0 fully saturated rings. The van der Waals surface area contributed by atoms with Gasteiger partial charge in [-0.25, -0.2) is 0 Å². The van der Waals surface area contributed by atoms with Crippen LogP contribution in [-0.4, -0.2) is 7.11 Å². The minimum Gasteiger partial charge on any atom is -0.497 e. The van der Waals surface area contributed by atoms with Gasteiger partial charge in [0, 0.05) is 13.1 Å². The fourth-order valence-electron chi connectivity index (χ4n) is 1.72. The molecule has 2 rings (SSSR count). The van der Waals surface area contributed by atoms with Crippen LogP contribution in [0.15, 0.2) is 40.9 Å². The Morgan fingerprint density at radius 3 is 2.53 bits per heavy atom. The zero-order valence-electron chi connectivity index (χ0n) is 9.96. The average Bonchev–Trinajstić information content (AvgIpc) is 2.40. The predicted molar refractivity (Wildman–Crippen MR) is 95.6 cm³/mol. The van der Waals surface area contributed by atoms with Crippen molar-refractivity contribution in [3.63, 3.8) is 0 Å². The molecule has 0 saturated carbocycles. The lowest BCUT2D eigenvalue weighted by Gasteiger charge is -2.15. The van der Waals surface area contributed by atoms with E-state index in [2.05, 4.69) is 66.6 Å². The van der Waals surface area contributed by atoms with Crippen molar-refractivity contribution in [2.24, 2.45) is 0 Å². The van der Waals surface area contributed by atoms with Gasteiger partial charge in [0.1, 0.15) is 5.75 Å². The number of hydrogen-bond acceptors (Lipinski definition) is 1. The van der Waals surface area contributed by atoms with E-state index in [4.69, 9.17) is 16.3 Å². The lowest BCUT2D eigenvalue weighted by molar-refractivity contribution is 0.414. The minimum absolute atomic E-state index is 0.0512. The maximum absolute atomic E-state index is 6.32. The summed E-state index contributed by atoms with van der Waals surface area (Å²) < 4.78 is 7.41. The highest BCUT2D eigenvalue weighted by Crippen LogP contribution is 2.39. The van der Waals surface area contributed by atoms with Crippen molar-refractivity contribution in [1.29, 1.82) is 0 Å². The molecule has 0 bridgehead atoms.